The average molecular weight is 354 g/mol. The van der Waals surface area contributed by atoms with Gasteiger partial charge in [0.2, 0.25) is 11.8 Å². The van der Waals surface area contributed by atoms with Crippen LogP contribution >= 0.6 is 15.9 Å². The number of hydrogen-bond donors (Lipinski definition) is 3. The van der Waals surface area contributed by atoms with Gasteiger partial charge in [0.25, 0.3) is 5.91 Å². The van der Waals surface area contributed by atoms with E-state index in [0.717, 1.165) is 4.47 Å². The molecule has 1 aliphatic heterocycles. The van der Waals surface area contributed by atoms with Gasteiger partial charge in [0.15, 0.2) is 0 Å². The maximum absolute atomic E-state index is 11.9. The number of piperidine rings is 1. The Morgan fingerprint density at radius 3 is 2.86 bits per heavy atom. The third-order valence-corrected chi connectivity index (χ3v) is 3.62. The van der Waals surface area contributed by atoms with Gasteiger partial charge in [-0.15, -0.1) is 0 Å². The van der Waals surface area contributed by atoms with Gasteiger partial charge in [0, 0.05) is 29.0 Å². The smallest absolute Gasteiger partial charge is 0.251 e. The number of benzene rings is 1. The highest BCUT2D eigenvalue weighted by Gasteiger charge is 2.19. The minimum Gasteiger partial charge on any atom is -0.354 e. The number of carbonyl (C=O) groups is 3. The molecule has 112 valence electrons. The molecule has 21 heavy (non-hydrogen) atoms. The maximum Gasteiger partial charge on any atom is 0.251 e. The second-order valence-corrected chi connectivity index (χ2v) is 5.72. The first kappa shape index (κ1) is 15.5. The van der Waals surface area contributed by atoms with Gasteiger partial charge in [-0.25, -0.2) is 0 Å². The minimum absolute atomic E-state index is 0.00320. The molecule has 2 rings (SSSR count). The van der Waals surface area contributed by atoms with Crippen LogP contribution in [0, 0.1) is 0 Å². The standard InChI is InChI=1S/C14H16BrN3O3/c15-10-3-1-2-9(6-10)14(21)17-8-13(20)18-11-4-5-12(19)16-7-11/h1-3,6,11H,4-5,7-8H2,(H,16,19)(H,17,21)(H,18,20). The quantitative estimate of drug-likeness (QED) is 0.739. The zero-order valence-corrected chi connectivity index (χ0v) is 12.9. The molecular formula is C14H16BrN3O3. The average Bonchev–Trinajstić information content (AvgIpc) is 2.47. The zero-order valence-electron chi connectivity index (χ0n) is 11.3. The molecule has 1 saturated heterocycles. The number of halogens is 1. The van der Waals surface area contributed by atoms with Gasteiger partial charge in [-0.1, -0.05) is 22.0 Å². The molecule has 0 spiro atoms. The van der Waals surface area contributed by atoms with Crippen molar-refractivity contribution in [2.75, 3.05) is 13.1 Å². The minimum atomic E-state index is -0.302. The number of rotatable bonds is 4. The maximum atomic E-state index is 11.9. The Balaban J connectivity index is 1.76. The molecule has 0 radical (unpaired) electrons. The van der Waals surface area contributed by atoms with Gasteiger partial charge < -0.3 is 16.0 Å². The van der Waals surface area contributed by atoms with E-state index in [1.54, 1.807) is 18.2 Å². The van der Waals surface area contributed by atoms with E-state index in [4.69, 9.17) is 0 Å². The lowest BCUT2D eigenvalue weighted by molar-refractivity contribution is -0.125. The van der Waals surface area contributed by atoms with Crippen LogP contribution in [0.5, 0.6) is 0 Å². The van der Waals surface area contributed by atoms with Crippen LogP contribution in [0.3, 0.4) is 0 Å². The molecule has 7 heteroatoms. The molecule has 3 N–H and O–H groups in total. The van der Waals surface area contributed by atoms with Gasteiger partial charge in [-0.3, -0.25) is 14.4 Å². The molecule has 0 saturated carbocycles. The van der Waals surface area contributed by atoms with Crippen LogP contribution in [0.2, 0.25) is 0 Å². The number of carbonyl (C=O) groups excluding carboxylic acids is 3. The first-order chi connectivity index (χ1) is 10.0. The van der Waals surface area contributed by atoms with E-state index in [-0.39, 0.29) is 30.3 Å². The summed E-state index contributed by atoms with van der Waals surface area (Å²) in [6, 6.07) is 6.86. The summed E-state index contributed by atoms with van der Waals surface area (Å²) in [5.74, 6) is -0.564. The Bertz CT molecular complexity index is 552. The Hall–Kier alpha value is -1.89. The van der Waals surface area contributed by atoms with E-state index in [1.165, 1.54) is 0 Å². The highest BCUT2D eigenvalue weighted by Crippen LogP contribution is 2.11. The summed E-state index contributed by atoms with van der Waals surface area (Å²) in [6.07, 6.45) is 1.03. The SMILES string of the molecule is O=C1CCC(NC(=O)CNC(=O)c2cccc(Br)c2)CN1. The summed E-state index contributed by atoms with van der Waals surface area (Å²) in [5.41, 5.74) is 0.488. The second kappa shape index (κ2) is 7.21. The highest BCUT2D eigenvalue weighted by atomic mass is 79.9. The van der Waals surface area contributed by atoms with Gasteiger partial charge in [-0.2, -0.15) is 0 Å². The predicted octanol–water partition coefficient (Wildman–Crippen LogP) is 0.574. The lowest BCUT2D eigenvalue weighted by Crippen LogP contribution is -2.50. The summed E-state index contributed by atoms with van der Waals surface area (Å²) in [5, 5.41) is 8.03. The first-order valence-corrected chi connectivity index (χ1v) is 7.44. The van der Waals surface area contributed by atoms with Gasteiger partial charge >= 0.3 is 0 Å². The lowest BCUT2D eigenvalue weighted by atomic mass is 10.1. The summed E-state index contributed by atoms with van der Waals surface area (Å²) in [6.45, 7) is 0.347. The van der Waals surface area contributed by atoms with Crippen molar-refractivity contribution < 1.29 is 14.4 Å². The van der Waals surface area contributed by atoms with Crippen molar-refractivity contribution >= 4 is 33.7 Å². The first-order valence-electron chi connectivity index (χ1n) is 6.64. The molecule has 1 aliphatic rings. The van der Waals surface area contributed by atoms with Crippen molar-refractivity contribution in [3.63, 3.8) is 0 Å². The van der Waals surface area contributed by atoms with Gasteiger partial charge in [-0.05, 0) is 24.6 Å². The Labute approximate surface area is 130 Å². The van der Waals surface area contributed by atoms with Crippen LogP contribution < -0.4 is 16.0 Å². The summed E-state index contributed by atoms with van der Waals surface area (Å²) in [4.78, 5) is 34.6. The fourth-order valence-corrected chi connectivity index (χ4v) is 2.43. The fourth-order valence-electron chi connectivity index (χ4n) is 2.03. The van der Waals surface area contributed by atoms with Crippen LogP contribution in [-0.4, -0.2) is 36.9 Å². The third kappa shape index (κ3) is 4.86. The van der Waals surface area contributed by atoms with E-state index in [0.29, 0.717) is 24.9 Å². The zero-order chi connectivity index (χ0) is 15.2. The van der Waals surface area contributed by atoms with E-state index in [9.17, 15) is 14.4 Å². The molecule has 6 nitrogen and oxygen atoms in total. The van der Waals surface area contributed by atoms with Crippen LogP contribution in [-0.2, 0) is 9.59 Å². The van der Waals surface area contributed by atoms with Crippen molar-refractivity contribution in [2.24, 2.45) is 0 Å². The molecule has 3 amide bonds. The highest BCUT2D eigenvalue weighted by molar-refractivity contribution is 9.10. The van der Waals surface area contributed by atoms with Gasteiger partial charge in [0.1, 0.15) is 0 Å². The normalized spacial score (nSPS) is 17.8. The Morgan fingerprint density at radius 2 is 2.19 bits per heavy atom. The van der Waals surface area contributed by atoms with Crippen LogP contribution in [0.15, 0.2) is 28.7 Å². The van der Waals surface area contributed by atoms with E-state index >= 15 is 0 Å². The summed E-state index contributed by atoms with van der Waals surface area (Å²) >= 11 is 3.29. The Morgan fingerprint density at radius 1 is 1.38 bits per heavy atom. The number of amides is 3. The lowest BCUT2D eigenvalue weighted by Gasteiger charge is -2.23. The largest absolute Gasteiger partial charge is 0.354 e. The second-order valence-electron chi connectivity index (χ2n) is 4.80. The van der Waals surface area contributed by atoms with E-state index in [1.807, 2.05) is 6.07 Å². The van der Waals surface area contributed by atoms with Crippen LogP contribution in [0.25, 0.3) is 0 Å². The Kier molecular flexibility index (Phi) is 5.32. The van der Waals surface area contributed by atoms with Gasteiger partial charge in [0.05, 0.1) is 6.54 Å². The van der Waals surface area contributed by atoms with Crippen molar-refractivity contribution in [1.29, 1.82) is 0 Å². The number of nitrogens with one attached hydrogen (secondary N) is 3. The molecule has 1 aromatic rings. The summed E-state index contributed by atoms with van der Waals surface area (Å²) in [7, 11) is 0. The van der Waals surface area contributed by atoms with Crippen LogP contribution in [0.1, 0.15) is 23.2 Å². The molecule has 1 unspecified atom stereocenters. The molecule has 0 aromatic heterocycles. The fraction of sp³-hybridized carbons (Fsp3) is 0.357. The topological polar surface area (TPSA) is 87.3 Å². The molecule has 1 fully saturated rings. The van der Waals surface area contributed by atoms with E-state index < -0.39 is 0 Å². The molecule has 1 aromatic carbocycles. The molecule has 0 bridgehead atoms. The third-order valence-electron chi connectivity index (χ3n) is 3.13. The molecular weight excluding hydrogens is 338 g/mol. The van der Waals surface area contributed by atoms with Crippen LogP contribution in [0.4, 0.5) is 0 Å². The van der Waals surface area contributed by atoms with Crippen molar-refractivity contribution in [3.05, 3.63) is 34.3 Å². The molecule has 0 aliphatic carbocycles. The molecule has 1 atom stereocenters. The van der Waals surface area contributed by atoms with Crippen molar-refractivity contribution in [1.82, 2.24) is 16.0 Å². The van der Waals surface area contributed by atoms with Crippen molar-refractivity contribution in [2.45, 2.75) is 18.9 Å². The van der Waals surface area contributed by atoms with E-state index in [2.05, 4.69) is 31.9 Å². The predicted molar refractivity (Wildman–Crippen MR) is 80.6 cm³/mol. The molecule has 1 heterocycles. The summed E-state index contributed by atoms with van der Waals surface area (Å²) < 4.78 is 0.803. The number of hydrogen-bond acceptors (Lipinski definition) is 3. The van der Waals surface area contributed by atoms with Crippen molar-refractivity contribution in [3.8, 4) is 0 Å². The monoisotopic (exact) mass is 353 g/mol.